The summed E-state index contributed by atoms with van der Waals surface area (Å²) in [4.78, 5) is 9.76. The van der Waals surface area contributed by atoms with Crippen molar-refractivity contribution >= 4 is 35.5 Å². The minimum Gasteiger partial charge on any atom is -0.528 e. The molecule has 3 atom stereocenters. The Morgan fingerprint density at radius 1 is 1.40 bits per heavy atom. The molecule has 0 aliphatic heterocycles. The molecule has 0 unspecified atom stereocenters. The van der Waals surface area contributed by atoms with E-state index in [1.807, 2.05) is 0 Å². The molecule has 0 saturated carbocycles. The summed E-state index contributed by atoms with van der Waals surface area (Å²) in [7, 11) is 0. The maximum Gasteiger partial charge on any atom is 1.00 e. The van der Waals surface area contributed by atoms with E-state index in [4.69, 9.17) is 25.5 Å². The number of carbonyl (C=O) groups excluding carboxylic acids is 1. The van der Waals surface area contributed by atoms with Gasteiger partial charge in [-0.15, -0.1) is 0 Å². The summed E-state index contributed by atoms with van der Waals surface area (Å²) < 4.78 is -0.417. The van der Waals surface area contributed by atoms with Crippen molar-refractivity contribution in [2.75, 3.05) is 6.61 Å². The van der Waals surface area contributed by atoms with E-state index in [9.17, 15) is 4.79 Å². The Labute approximate surface area is 140 Å². The van der Waals surface area contributed by atoms with E-state index in [0.717, 1.165) is 0 Å². The second-order valence-corrected chi connectivity index (χ2v) is 3.16. The Bertz CT molecular complexity index is 177. The van der Waals surface area contributed by atoms with Gasteiger partial charge in [-0.05, 0) is 0 Å². The number of hydrogen-bond donors (Lipinski definition) is 5. The van der Waals surface area contributed by atoms with Crippen molar-refractivity contribution in [2.45, 2.75) is 18.3 Å². The van der Waals surface area contributed by atoms with E-state index in [0.29, 0.717) is 0 Å². The minimum atomic E-state index is -1.64. The van der Waals surface area contributed by atoms with Crippen molar-refractivity contribution in [2.24, 2.45) is 0 Å². The molecular weight excluding hydrogens is 271 g/mol. The minimum absolute atomic E-state index is 0. The average molecular weight is 282 g/mol. The van der Waals surface area contributed by atoms with E-state index in [2.05, 4.69) is 24.8 Å². The molecule has 0 radical (unpaired) electrons. The SMILES string of the molecule is O=C[C@@H](O)[C@H](O)[C@H](O)CO.OC(=S)[S-].[K+]. The van der Waals surface area contributed by atoms with Crippen LogP contribution in [0.4, 0.5) is 0 Å². The fraction of sp³-hybridized carbons (Fsp3) is 0.667. The first-order chi connectivity index (χ1) is 6.36. The van der Waals surface area contributed by atoms with Crippen LogP contribution in [0.5, 0.6) is 0 Å². The van der Waals surface area contributed by atoms with Crippen molar-refractivity contribution in [1.82, 2.24) is 0 Å². The zero-order chi connectivity index (χ0) is 11.7. The standard InChI is InChI=1S/C5H10O5.CH2OS2.K/c6-1-3(8)5(10)4(9)2-7;2-1(3)4;/h1,3-5,7-10H,2H2;(H2,2,3,4);/q;;+1/p-1/t3-,4-,5+;;/m1../s1. The van der Waals surface area contributed by atoms with Gasteiger partial charge >= 0.3 is 51.4 Å². The van der Waals surface area contributed by atoms with Crippen LogP contribution in [0.15, 0.2) is 0 Å². The maximum atomic E-state index is 9.76. The second-order valence-electron chi connectivity index (χ2n) is 2.13. The van der Waals surface area contributed by atoms with Gasteiger partial charge in [-0.25, -0.2) is 0 Å². The van der Waals surface area contributed by atoms with Crippen LogP contribution >= 0.6 is 12.2 Å². The van der Waals surface area contributed by atoms with Gasteiger partial charge in [0.2, 0.25) is 0 Å². The summed E-state index contributed by atoms with van der Waals surface area (Å²) in [6.07, 6.45) is -4.63. The molecule has 6 nitrogen and oxygen atoms in total. The van der Waals surface area contributed by atoms with Gasteiger partial charge in [0.15, 0.2) is 6.29 Å². The summed E-state index contributed by atoms with van der Waals surface area (Å²) in [5.41, 5.74) is 0. The number of rotatable bonds is 4. The van der Waals surface area contributed by atoms with Crippen molar-refractivity contribution in [3.63, 3.8) is 0 Å². The second kappa shape index (κ2) is 13.3. The van der Waals surface area contributed by atoms with Crippen LogP contribution in [-0.2, 0) is 17.4 Å². The van der Waals surface area contributed by atoms with Gasteiger partial charge in [0.05, 0.1) is 6.61 Å². The molecule has 0 rings (SSSR count). The number of thiocarbonyl (C=S) groups is 1. The monoisotopic (exact) mass is 282 g/mol. The van der Waals surface area contributed by atoms with E-state index in [1.54, 1.807) is 0 Å². The van der Waals surface area contributed by atoms with Crippen molar-refractivity contribution in [3.8, 4) is 0 Å². The van der Waals surface area contributed by atoms with Crippen LogP contribution in [0.2, 0.25) is 0 Å². The van der Waals surface area contributed by atoms with Gasteiger partial charge in [0.1, 0.15) is 18.3 Å². The zero-order valence-corrected chi connectivity index (χ0v) is 12.7. The number of aliphatic hydroxyl groups excluding tert-OH is 5. The molecule has 5 N–H and O–H groups in total. The molecule has 0 fully saturated rings. The Hall–Kier alpha value is 1.26. The van der Waals surface area contributed by atoms with Gasteiger partial charge in [-0.3, -0.25) is 0 Å². The Morgan fingerprint density at radius 2 is 1.73 bits per heavy atom. The summed E-state index contributed by atoms with van der Waals surface area (Å²) in [5.74, 6) is 0. The molecule has 0 aliphatic carbocycles. The quantitative estimate of drug-likeness (QED) is 0.150. The molecule has 15 heavy (non-hydrogen) atoms. The van der Waals surface area contributed by atoms with Crippen LogP contribution in [0.1, 0.15) is 0 Å². The summed E-state index contributed by atoms with van der Waals surface area (Å²) >= 11 is 7.81. The molecule has 84 valence electrons. The maximum absolute atomic E-state index is 9.76. The topological polar surface area (TPSA) is 118 Å². The molecule has 9 heteroatoms. The molecule has 0 aromatic rings. The Morgan fingerprint density at radius 3 is 1.93 bits per heavy atom. The molecule has 0 spiro atoms. The molecule has 0 aromatic heterocycles. The predicted octanol–water partition coefficient (Wildman–Crippen LogP) is -5.36. The Kier molecular flexibility index (Phi) is 19.1. The average Bonchev–Trinajstić information content (AvgIpc) is 2.13. The van der Waals surface area contributed by atoms with Gasteiger partial charge in [0.25, 0.3) is 0 Å². The number of hydrogen-bond acceptors (Lipinski definition) is 7. The van der Waals surface area contributed by atoms with Gasteiger partial charge in [-0.1, -0.05) is 0 Å². The normalized spacial score (nSPS) is 14.7. The number of aldehydes is 1. The van der Waals surface area contributed by atoms with E-state index >= 15 is 0 Å². The fourth-order valence-electron chi connectivity index (χ4n) is 0.416. The molecule has 0 heterocycles. The third-order valence-electron chi connectivity index (χ3n) is 1.07. The largest absolute Gasteiger partial charge is 1.00 e. The van der Waals surface area contributed by atoms with E-state index in [1.165, 1.54) is 0 Å². The van der Waals surface area contributed by atoms with Crippen molar-refractivity contribution in [1.29, 1.82) is 0 Å². The van der Waals surface area contributed by atoms with Crippen molar-refractivity contribution in [3.05, 3.63) is 0 Å². The molecule has 0 bridgehead atoms. The van der Waals surface area contributed by atoms with Gasteiger partial charge < -0.3 is 55.2 Å². The first-order valence-corrected chi connectivity index (χ1v) is 4.18. The van der Waals surface area contributed by atoms with Crippen LogP contribution in [-0.4, -0.2) is 61.1 Å². The van der Waals surface area contributed by atoms with Crippen LogP contribution < -0.4 is 51.4 Å². The third-order valence-corrected chi connectivity index (χ3v) is 1.07. The summed E-state index contributed by atoms with van der Waals surface area (Å²) in [6, 6.07) is 0. The molecule has 0 aromatic carbocycles. The van der Waals surface area contributed by atoms with Gasteiger partial charge in [-0.2, -0.15) is 0 Å². The molecule has 0 saturated heterocycles. The van der Waals surface area contributed by atoms with Gasteiger partial charge in [0, 0.05) is 4.38 Å². The number of carbonyl (C=O) groups is 1. The molecular formula is C6H11KO6S2. The van der Waals surface area contributed by atoms with E-state index in [-0.39, 0.29) is 57.7 Å². The van der Waals surface area contributed by atoms with Crippen LogP contribution in [0, 0.1) is 0 Å². The first-order valence-electron chi connectivity index (χ1n) is 3.37. The fourth-order valence-corrected chi connectivity index (χ4v) is 0.416. The predicted molar refractivity (Wildman–Crippen MR) is 53.8 cm³/mol. The number of aliphatic hydroxyl groups is 5. The third kappa shape index (κ3) is 15.3. The van der Waals surface area contributed by atoms with Crippen LogP contribution in [0.25, 0.3) is 0 Å². The zero-order valence-electron chi connectivity index (χ0n) is 7.98. The van der Waals surface area contributed by atoms with Crippen molar-refractivity contribution < 1.29 is 81.7 Å². The summed E-state index contributed by atoms with van der Waals surface area (Å²) in [5, 5.41) is 41.7. The molecule has 0 amide bonds. The van der Waals surface area contributed by atoms with Crippen LogP contribution in [0.3, 0.4) is 0 Å². The smallest absolute Gasteiger partial charge is 0.528 e. The summed E-state index contributed by atoms with van der Waals surface area (Å²) in [6.45, 7) is -0.688. The Balaban J connectivity index is -0.000000249. The van der Waals surface area contributed by atoms with E-state index < -0.39 is 29.3 Å². The molecule has 0 aliphatic rings. The first kappa shape index (κ1) is 21.5.